The largest absolute Gasteiger partial charge is 0.378 e. The van der Waals surface area contributed by atoms with E-state index in [0.717, 1.165) is 19.4 Å². The molecule has 19 heavy (non-hydrogen) atoms. The summed E-state index contributed by atoms with van der Waals surface area (Å²) in [6.07, 6.45) is 1.61. The van der Waals surface area contributed by atoms with Gasteiger partial charge in [0, 0.05) is 6.54 Å². The molecule has 98 valence electrons. The molecule has 0 saturated carbocycles. The van der Waals surface area contributed by atoms with E-state index in [0.29, 0.717) is 0 Å². The standard InChI is InChI=1S/C17H19NO/c19-16-12-7-13-18(16)17(14-8-3-1-4-9-14)15-10-5-2-6-11-15/h1-6,8-11,16-17,19H,7,12-13H2. The van der Waals surface area contributed by atoms with Crippen LogP contribution in [-0.4, -0.2) is 22.8 Å². The van der Waals surface area contributed by atoms with Crippen molar-refractivity contribution < 1.29 is 5.11 Å². The molecule has 0 aliphatic carbocycles. The fourth-order valence-electron chi connectivity index (χ4n) is 2.92. The summed E-state index contributed by atoms with van der Waals surface area (Å²) in [5, 5.41) is 10.2. The topological polar surface area (TPSA) is 23.5 Å². The van der Waals surface area contributed by atoms with Gasteiger partial charge in [-0.05, 0) is 24.0 Å². The lowest BCUT2D eigenvalue weighted by atomic mass is 9.97. The monoisotopic (exact) mass is 253 g/mol. The molecule has 0 bridgehead atoms. The number of hydrogen-bond donors (Lipinski definition) is 1. The summed E-state index contributed by atoms with van der Waals surface area (Å²) >= 11 is 0. The van der Waals surface area contributed by atoms with Crippen LogP contribution >= 0.6 is 0 Å². The first-order valence-electron chi connectivity index (χ1n) is 6.90. The number of aliphatic hydroxyl groups is 1. The molecule has 0 aromatic heterocycles. The van der Waals surface area contributed by atoms with Crippen LogP contribution in [0.5, 0.6) is 0 Å². The molecule has 2 aromatic carbocycles. The van der Waals surface area contributed by atoms with E-state index in [1.807, 2.05) is 12.1 Å². The van der Waals surface area contributed by atoms with Crippen molar-refractivity contribution in [1.29, 1.82) is 0 Å². The van der Waals surface area contributed by atoms with Crippen LogP contribution in [0.2, 0.25) is 0 Å². The third kappa shape index (κ3) is 2.55. The maximum Gasteiger partial charge on any atom is 0.108 e. The van der Waals surface area contributed by atoms with Crippen molar-refractivity contribution in [1.82, 2.24) is 4.90 Å². The average Bonchev–Trinajstić information content (AvgIpc) is 2.88. The van der Waals surface area contributed by atoms with E-state index >= 15 is 0 Å². The van der Waals surface area contributed by atoms with Gasteiger partial charge < -0.3 is 5.11 Å². The number of nitrogens with zero attached hydrogens (tertiary/aromatic N) is 1. The second-order valence-corrected chi connectivity index (χ2v) is 5.08. The third-order valence-corrected chi connectivity index (χ3v) is 3.82. The highest BCUT2D eigenvalue weighted by atomic mass is 16.3. The minimum Gasteiger partial charge on any atom is -0.378 e. The predicted octanol–water partition coefficient (Wildman–Crippen LogP) is 3.19. The van der Waals surface area contributed by atoms with Gasteiger partial charge in [-0.25, -0.2) is 0 Å². The number of aliphatic hydroxyl groups excluding tert-OH is 1. The van der Waals surface area contributed by atoms with E-state index in [1.54, 1.807) is 0 Å². The zero-order chi connectivity index (χ0) is 13.1. The normalized spacial score (nSPS) is 20.0. The Bertz CT molecular complexity index is 472. The van der Waals surface area contributed by atoms with E-state index in [2.05, 4.69) is 53.4 Å². The molecule has 3 rings (SSSR count). The Hall–Kier alpha value is -1.64. The van der Waals surface area contributed by atoms with Gasteiger partial charge in [-0.2, -0.15) is 0 Å². The van der Waals surface area contributed by atoms with E-state index in [1.165, 1.54) is 11.1 Å². The minimum atomic E-state index is -0.328. The zero-order valence-corrected chi connectivity index (χ0v) is 10.9. The Balaban J connectivity index is 2.01. The van der Waals surface area contributed by atoms with Gasteiger partial charge in [0.25, 0.3) is 0 Å². The summed E-state index contributed by atoms with van der Waals surface area (Å²) in [5.74, 6) is 0. The van der Waals surface area contributed by atoms with Crippen molar-refractivity contribution >= 4 is 0 Å². The van der Waals surface area contributed by atoms with Crippen molar-refractivity contribution in [2.45, 2.75) is 25.1 Å². The summed E-state index contributed by atoms with van der Waals surface area (Å²) in [6.45, 7) is 0.954. The van der Waals surface area contributed by atoms with Gasteiger partial charge in [-0.1, -0.05) is 60.7 Å². The molecule has 1 heterocycles. The predicted molar refractivity (Wildman–Crippen MR) is 76.7 cm³/mol. The SMILES string of the molecule is OC1CCCN1C(c1ccccc1)c1ccccc1. The summed E-state index contributed by atoms with van der Waals surface area (Å²) in [4.78, 5) is 2.20. The fourth-order valence-corrected chi connectivity index (χ4v) is 2.92. The van der Waals surface area contributed by atoms with Crippen molar-refractivity contribution in [3.63, 3.8) is 0 Å². The second kappa shape index (κ2) is 5.55. The molecule has 1 unspecified atom stereocenters. The van der Waals surface area contributed by atoms with E-state index < -0.39 is 0 Å². The Labute approximate surface area is 114 Å². The van der Waals surface area contributed by atoms with Gasteiger partial charge in [0.2, 0.25) is 0 Å². The Kier molecular flexibility index (Phi) is 3.62. The first-order chi connectivity index (χ1) is 9.36. The maximum atomic E-state index is 10.2. The molecular weight excluding hydrogens is 234 g/mol. The van der Waals surface area contributed by atoms with Crippen LogP contribution < -0.4 is 0 Å². The molecule has 2 nitrogen and oxygen atoms in total. The first kappa shape index (κ1) is 12.4. The maximum absolute atomic E-state index is 10.2. The summed E-state index contributed by atoms with van der Waals surface area (Å²) in [6, 6.07) is 21.0. The number of likely N-dealkylation sites (tertiary alicyclic amines) is 1. The van der Waals surface area contributed by atoms with Gasteiger partial charge >= 0.3 is 0 Å². The lowest BCUT2D eigenvalue weighted by Gasteiger charge is -2.31. The molecule has 1 atom stereocenters. The third-order valence-electron chi connectivity index (χ3n) is 3.82. The van der Waals surface area contributed by atoms with Crippen molar-refractivity contribution in [2.75, 3.05) is 6.54 Å². The van der Waals surface area contributed by atoms with Gasteiger partial charge in [0.05, 0.1) is 6.04 Å². The molecule has 1 aliphatic rings. The minimum absolute atomic E-state index is 0.153. The highest BCUT2D eigenvalue weighted by Crippen LogP contribution is 2.33. The fraction of sp³-hybridized carbons (Fsp3) is 0.294. The molecule has 0 radical (unpaired) electrons. The molecule has 2 aromatic rings. The number of rotatable bonds is 3. The second-order valence-electron chi connectivity index (χ2n) is 5.08. The Morgan fingerprint density at radius 3 is 1.84 bits per heavy atom. The molecule has 0 amide bonds. The molecule has 1 saturated heterocycles. The van der Waals surface area contributed by atoms with Crippen molar-refractivity contribution in [3.8, 4) is 0 Å². The highest BCUT2D eigenvalue weighted by molar-refractivity contribution is 5.32. The molecule has 1 aliphatic heterocycles. The van der Waals surface area contributed by atoms with E-state index in [-0.39, 0.29) is 12.3 Å². The van der Waals surface area contributed by atoms with Gasteiger partial charge in [-0.15, -0.1) is 0 Å². The summed E-state index contributed by atoms with van der Waals surface area (Å²) in [7, 11) is 0. The van der Waals surface area contributed by atoms with Crippen LogP contribution in [0.1, 0.15) is 30.0 Å². The van der Waals surface area contributed by atoms with Crippen LogP contribution in [0.15, 0.2) is 60.7 Å². The zero-order valence-electron chi connectivity index (χ0n) is 10.9. The van der Waals surface area contributed by atoms with Crippen LogP contribution in [-0.2, 0) is 0 Å². The summed E-state index contributed by atoms with van der Waals surface area (Å²) < 4.78 is 0. The molecule has 1 N–H and O–H groups in total. The van der Waals surface area contributed by atoms with Crippen LogP contribution in [0.3, 0.4) is 0 Å². The molecular formula is C17H19NO. The van der Waals surface area contributed by atoms with Crippen molar-refractivity contribution in [3.05, 3.63) is 71.8 Å². The molecule has 1 fully saturated rings. The molecule has 0 spiro atoms. The van der Waals surface area contributed by atoms with E-state index in [9.17, 15) is 5.11 Å². The molecule has 2 heteroatoms. The van der Waals surface area contributed by atoms with Crippen LogP contribution in [0.4, 0.5) is 0 Å². The Morgan fingerprint density at radius 1 is 0.895 bits per heavy atom. The average molecular weight is 253 g/mol. The highest BCUT2D eigenvalue weighted by Gasteiger charge is 2.30. The van der Waals surface area contributed by atoms with Gasteiger partial charge in [-0.3, -0.25) is 4.90 Å². The first-order valence-corrected chi connectivity index (χ1v) is 6.90. The van der Waals surface area contributed by atoms with E-state index in [4.69, 9.17) is 0 Å². The van der Waals surface area contributed by atoms with Gasteiger partial charge in [0.1, 0.15) is 6.23 Å². The quantitative estimate of drug-likeness (QED) is 0.908. The lowest BCUT2D eigenvalue weighted by molar-refractivity contribution is 0.0182. The Morgan fingerprint density at radius 2 is 1.42 bits per heavy atom. The lowest BCUT2D eigenvalue weighted by Crippen LogP contribution is -2.33. The summed E-state index contributed by atoms with van der Waals surface area (Å²) in [5.41, 5.74) is 2.49. The van der Waals surface area contributed by atoms with Crippen LogP contribution in [0.25, 0.3) is 0 Å². The number of benzene rings is 2. The smallest absolute Gasteiger partial charge is 0.108 e. The van der Waals surface area contributed by atoms with Crippen LogP contribution in [0, 0.1) is 0 Å². The number of hydrogen-bond acceptors (Lipinski definition) is 2. The van der Waals surface area contributed by atoms with Gasteiger partial charge in [0.15, 0.2) is 0 Å². The van der Waals surface area contributed by atoms with Crippen molar-refractivity contribution in [2.24, 2.45) is 0 Å².